The van der Waals surface area contributed by atoms with Crippen molar-refractivity contribution in [2.75, 3.05) is 5.32 Å². The second-order valence-electron chi connectivity index (χ2n) is 4.76. The second-order valence-corrected chi connectivity index (χ2v) is 6.81. The molecule has 0 atom stereocenters. The first-order chi connectivity index (χ1) is 10.3. The van der Waals surface area contributed by atoms with Crippen LogP contribution in [0.15, 0.2) is 47.4 Å². The van der Waals surface area contributed by atoms with Gasteiger partial charge in [0, 0.05) is 0 Å². The lowest BCUT2D eigenvalue weighted by Gasteiger charge is -2.12. The van der Waals surface area contributed by atoms with Crippen molar-refractivity contribution >= 4 is 33.3 Å². The Balaban J connectivity index is 2.21. The molecule has 116 valence electrons. The van der Waals surface area contributed by atoms with Crippen molar-refractivity contribution in [2.45, 2.75) is 18.7 Å². The number of carbonyl (C=O) groups is 1. The van der Waals surface area contributed by atoms with E-state index in [9.17, 15) is 13.2 Å². The van der Waals surface area contributed by atoms with Crippen molar-refractivity contribution < 1.29 is 13.2 Å². The van der Waals surface area contributed by atoms with Crippen LogP contribution in [0.2, 0.25) is 5.02 Å². The average molecular weight is 339 g/mol. The quantitative estimate of drug-likeness (QED) is 0.899. The Morgan fingerprint density at radius 2 is 1.64 bits per heavy atom. The predicted molar refractivity (Wildman–Crippen MR) is 86.7 cm³/mol. The van der Waals surface area contributed by atoms with Crippen LogP contribution < -0.4 is 10.0 Å². The first-order valence-corrected chi connectivity index (χ1v) is 8.32. The molecule has 2 N–H and O–H groups in total. The number of sulfonamides is 1. The number of benzene rings is 2. The van der Waals surface area contributed by atoms with Crippen molar-refractivity contribution in [3.63, 3.8) is 0 Å². The van der Waals surface area contributed by atoms with E-state index < -0.39 is 16.1 Å². The van der Waals surface area contributed by atoms with Gasteiger partial charge in [0.15, 0.2) is 0 Å². The van der Waals surface area contributed by atoms with Crippen molar-refractivity contribution in [2.24, 2.45) is 0 Å². The summed E-state index contributed by atoms with van der Waals surface area (Å²) in [6.07, 6.45) is 0. The average Bonchev–Trinajstić information content (AvgIpc) is 2.43. The predicted octanol–water partition coefficient (Wildman–Crippen LogP) is 3.47. The van der Waals surface area contributed by atoms with Gasteiger partial charge in [-0.15, -0.1) is 0 Å². The van der Waals surface area contributed by atoms with Crippen LogP contribution in [0.25, 0.3) is 0 Å². The van der Waals surface area contributed by atoms with E-state index in [0.717, 1.165) is 5.56 Å². The Kier molecular flexibility index (Phi) is 4.73. The summed E-state index contributed by atoms with van der Waals surface area (Å²) < 4.78 is 26.4. The fourth-order valence-corrected chi connectivity index (χ4v) is 3.39. The molecule has 0 unspecified atom stereocenters. The van der Waals surface area contributed by atoms with E-state index in [4.69, 9.17) is 11.6 Å². The number of aryl methyl sites for hydroxylation is 2. The van der Waals surface area contributed by atoms with Crippen LogP contribution in [-0.4, -0.2) is 14.4 Å². The van der Waals surface area contributed by atoms with Crippen LogP contribution in [0.5, 0.6) is 0 Å². The summed E-state index contributed by atoms with van der Waals surface area (Å²) in [5.74, 6) is 0. The molecule has 5 nitrogen and oxygen atoms in total. The fraction of sp³-hybridized carbons (Fsp3) is 0.133. The molecular formula is C15H15ClN2O3S. The molecule has 2 amide bonds. The van der Waals surface area contributed by atoms with E-state index >= 15 is 0 Å². The third kappa shape index (κ3) is 3.58. The fourth-order valence-electron chi connectivity index (χ4n) is 1.96. The van der Waals surface area contributed by atoms with E-state index in [-0.39, 0.29) is 4.90 Å². The minimum absolute atomic E-state index is 0.0565. The van der Waals surface area contributed by atoms with Crippen LogP contribution >= 0.6 is 11.6 Å². The van der Waals surface area contributed by atoms with Crippen LogP contribution in [0.1, 0.15) is 11.1 Å². The van der Waals surface area contributed by atoms with Gasteiger partial charge in [0.05, 0.1) is 15.6 Å². The van der Waals surface area contributed by atoms with Crippen LogP contribution in [0.3, 0.4) is 0 Å². The number of hydrogen-bond donors (Lipinski definition) is 2. The number of urea groups is 1. The van der Waals surface area contributed by atoms with Crippen molar-refractivity contribution in [1.82, 2.24) is 4.72 Å². The Morgan fingerprint density at radius 1 is 1.00 bits per heavy atom. The lowest BCUT2D eigenvalue weighted by Crippen LogP contribution is -2.35. The van der Waals surface area contributed by atoms with E-state index in [1.807, 2.05) is 4.72 Å². The maximum absolute atomic E-state index is 12.2. The Bertz CT molecular complexity index is 799. The minimum atomic E-state index is -3.94. The van der Waals surface area contributed by atoms with Gasteiger partial charge in [0.25, 0.3) is 10.0 Å². The Morgan fingerprint density at radius 3 is 2.27 bits per heavy atom. The summed E-state index contributed by atoms with van der Waals surface area (Å²) in [7, 11) is -3.94. The molecule has 0 saturated heterocycles. The molecule has 0 radical (unpaired) electrons. The minimum Gasteiger partial charge on any atom is -0.305 e. The molecule has 0 saturated carbocycles. The maximum atomic E-state index is 12.2. The second kappa shape index (κ2) is 6.37. The molecule has 2 rings (SSSR count). The highest BCUT2D eigenvalue weighted by Gasteiger charge is 2.20. The summed E-state index contributed by atoms with van der Waals surface area (Å²) in [6.45, 7) is 3.42. The Labute approximate surface area is 134 Å². The highest BCUT2D eigenvalue weighted by atomic mass is 35.5. The third-order valence-electron chi connectivity index (χ3n) is 3.07. The molecule has 22 heavy (non-hydrogen) atoms. The molecule has 0 aliphatic carbocycles. The number of hydrogen-bond acceptors (Lipinski definition) is 3. The molecule has 0 aromatic heterocycles. The lowest BCUT2D eigenvalue weighted by atomic mass is 10.2. The van der Waals surface area contributed by atoms with Gasteiger partial charge in [-0.25, -0.2) is 17.9 Å². The van der Waals surface area contributed by atoms with Crippen LogP contribution in [0.4, 0.5) is 10.5 Å². The zero-order chi connectivity index (χ0) is 16.3. The highest BCUT2D eigenvalue weighted by molar-refractivity contribution is 7.90. The summed E-state index contributed by atoms with van der Waals surface area (Å²) >= 11 is 6.00. The van der Waals surface area contributed by atoms with Crippen molar-refractivity contribution in [3.05, 3.63) is 58.6 Å². The zero-order valence-corrected chi connectivity index (χ0v) is 13.6. The zero-order valence-electron chi connectivity index (χ0n) is 12.1. The summed E-state index contributed by atoms with van der Waals surface area (Å²) in [5, 5.41) is 2.80. The lowest BCUT2D eigenvalue weighted by molar-refractivity contribution is 0.256. The molecule has 0 aliphatic heterocycles. The van der Waals surface area contributed by atoms with Crippen LogP contribution in [-0.2, 0) is 10.0 Å². The number of carbonyl (C=O) groups excluding carboxylic acids is 1. The van der Waals surface area contributed by atoms with Gasteiger partial charge in [0.1, 0.15) is 0 Å². The first-order valence-electron chi connectivity index (χ1n) is 6.46. The molecular weight excluding hydrogens is 324 g/mol. The number of halogens is 1. The van der Waals surface area contributed by atoms with Gasteiger partial charge in [-0.2, -0.15) is 0 Å². The molecule has 7 heteroatoms. The summed E-state index contributed by atoms with van der Waals surface area (Å²) in [4.78, 5) is 12.0. The molecule has 0 bridgehead atoms. The highest BCUT2D eigenvalue weighted by Crippen LogP contribution is 2.25. The van der Waals surface area contributed by atoms with Gasteiger partial charge >= 0.3 is 6.03 Å². The van der Waals surface area contributed by atoms with Crippen molar-refractivity contribution in [3.8, 4) is 0 Å². The number of anilines is 1. The molecule has 2 aromatic carbocycles. The molecule has 0 fully saturated rings. The SMILES string of the molecule is Cc1ccccc1S(=O)(=O)NC(=O)Nc1c(C)cccc1Cl. The molecule has 0 aliphatic rings. The summed E-state index contributed by atoms with van der Waals surface area (Å²) in [6, 6.07) is 10.7. The van der Waals surface area contributed by atoms with Gasteiger partial charge in [-0.05, 0) is 37.1 Å². The topological polar surface area (TPSA) is 75.3 Å². The number of rotatable bonds is 3. The molecule has 0 spiro atoms. The van der Waals surface area contributed by atoms with E-state index in [1.54, 1.807) is 50.2 Å². The van der Waals surface area contributed by atoms with Crippen LogP contribution in [0, 0.1) is 13.8 Å². The molecule has 2 aromatic rings. The smallest absolute Gasteiger partial charge is 0.305 e. The van der Waals surface area contributed by atoms with Gasteiger partial charge in [-0.3, -0.25) is 0 Å². The van der Waals surface area contributed by atoms with Crippen molar-refractivity contribution in [1.29, 1.82) is 0 Å². The Hall–Kier alpha value is -2.05. The largest absolute Gasteiger partial charge is 0.333 e. The molecule has 0 heterocycles. The maximum Gasteiger partial charge on any atom is 0.333 e. The van der Waals surface area contributed by atoms with E-state index in [1.165, 1.54) is 6.07 Å². The monoisotopic (exact) mass is 338 g/mol. The van der Waals surface area contributed by atoms with E-state index in [0.29, 0.717) is 16.3 Å². The van der Waals surface area contributed by atoms with E-state index in [2.05, 4.69) is 5.32 Å². The van der Waals surface area contributed by atoms with Gasteiger partial charge in [-0.1, -0.05) is 41.9 Å². The standard InChI is InChI=1S/C15H15ClN2O3S/c1-10-6-3-4-9-13(10)22(20,21)18-15(19)17-14-11(2)7-5-8-12(14)16/h3-9H,1-2H3,(H2,17,18,19). The van der Waals surface area contributed by atoms with Gasteiger partial charge in [0.2, 0.25) is 0 Å². The third-order valence-corrected chi connectivity index (χ3v) is 4.88. The normalized spacial score (nSPS) is 11.0. The first kappa shape index (κ1) is 16.3. The summed E-state index contributed by atoms with van der Waals surface area (Å²) in [5.41, 5.74) is 1.66. The number of amides is 2. The van der Waals surface area contributed by atoms with Gasteiger partial charge < -0.3 is 5.32 Å². The number of para-hydroxylation sites is 1. The number of nitrogens with one attached hydrogen (secondary N) is 2.